The highest BCUT2D eigenvalue weighted by atomic mass is 14.6. The molecule has 0 heterocycles. The first-order valence-corrected chi connectivity index (χ1v) is 3.95. The van der Waals surface area contributed by atoms with Crippen molar-refractivity contribution in [2.75, 3.05) is 0 Å². The van der Waals surface area contributed by atoms with E-state index in [1.807, 2.05) is 0 Å². The van der Waals surface area contributed by atoms with Crippen molar-refractivity contribution in [3.8, 4) is 0 Å². The molecule has 4 rings (SSSR count). The van der Waals surface area contributed by atoms with Gasteiger partial charge in [-0.2, -0.15) is 0 Å². The molecule has 0 amide bonds. The summed E-state index contributed by atoms with van der Waals surface area (Å²) in [5.41, 5.74) is 0. The summed E-state index contributed by atoms with van der Waals surface area (Å²) in [6.45, 7) is 0. The lowest BCUT2D eigenvalue weighted by atomic mass is 9.73. The third kappa shape index (κ3) is 0.240. The van der Waals surface area contributed by atoms with Crippen molar-refractivity contribution in [3.63, 3.8) is 0 Å². The van der Waals surface area contributed by atoms with Gasteiger partial charge in [0.05, 0.1) is 0 Å². The Morgan fingerprint density at radius 3 is 2.12 bits per heavy atom. The summed E-state index contributed by atoms with van der Waals surface area (Å²) in [5, 5.41) is 0. The van der Waals surface area contributed by atoms with Crippen LogP contribution in [0.15, 0.2) is 0 Å². The Balaban J connectivity index is 2.06. The third-order valence-corrected chi connectivity index (χ3v) is 3.81. The van der Waals surface area contributed by atoms with Gasteiger partial charge in [-0.05, 0) is 49.4 Å². The van der Waals surface area contributed by atoms with Crippen molar-refractivity contribution in [2.45, 2.75) is 25.7 Å². The average molecular weight is 108 g/mol. The van der Waals surface area contributed by atoms with E-state index in [4.69, 9.17) is 0 Å². The van der Waals surface area contributed by atoms with Crippen LogP contribution in [-0.2, 0) is 0 Å². The quantitative estimate of drug-likeness (QED) is 0.445. The van der Waals surface area contributed by atoms with Crippen LogP contribution in [0.2, 0.25) is 0 Å². The highest BCUT2D eigenvalue weighted by Crippen LogP contribution is 2.64. The summed E-state index contributed by atoms with van der Waals surface area (Å²) in [4.78, 5) is 0. The molecule has 0 aromatic carbocycles. The SMILES string of the molecule is C1CC2C3CC1C2C3. The van der Waals surface area contributed by atoms with Crippen LogP contribution in [0.5, 0.6) is 0 Å². The molecule has 4 saturated carbocycles. The lowest BCUT2D eigenvalue weighted by molar-refractivity contribution is 0.172. The molecule has 4 aliphatic carbocycles. The maximum atomic E-state index is 1.62. The Morgan fingerprint density at radius 1 is 0.750 bits per heavy atom. The molecular weight excluding hydrogens is 96.1 g/mol. The Labute approximate surface area is 50.3 Å². The van der Waals surface area contributed by atoms with E-state index in [1.165, 1.54) is 23.7 Å². The molecule has 0 radical (unpaired) electrons. The van der Waals surface area contributed by atoms with Gasteiger partial charge in [0.15, 0.2) is 0 Å². The highest BCUT2D eigenvalue weighted by Gasteiger charge is 2.56. The minimum Gasteiger partial charge on any atom is -0.0499 e. The summed E-state index contributed by atoms with van der Waals surface area (Å²) in [6, 6.07) is 0. The number of hydrogen-bond acceptors (Lipinski definition) is 0. The standard InChI is InChI=1S/C8H12/c1-2-7-6-3-5(1)8(7)4-6/h5-8H,1-4H2. The minimum atomic E-state index is 1.21. The van der Waals surface area contributed by atoms with Gasteiger partial charge in [0, 0.05) is 0 Å². The van der Waals surface area contributed by atoms with Gasteiger partial charge in [-0.25, -0.2) is 0 Å². The molecule has 0 nitrogen and oxygen atoms in total. The molecule has 0 N–H and O–H groups in total. The van der Waals surface area contributed by atoms with Crippen LogP contribution in [0.4, 0.5) is 0 Å². The van der Waals surface area contributed by atoms with Gasteiger partial charge in [-0.1, -0.05) is 0 Å². The molecule has 0 aliphatic heterocycles. The van der Waals surface area contributed by atoms with Gasteiger partial charge in [0.2, 0.25) is 0 Å². The zero-order chi connectivity index (χ0) is 5.14. The van der Waals surface area contributed by atoms with Gasteiger partial charge < -0.3 is 0 Å². The Morgan fingerprint density at radius 2 is 1.75 bits per heavy atom. The van der Waals surface area contributed by atoms with Crippen LogP contribution in [0, 0.1) is 23.7 Å². The summed E-state index contributed by atoms with van der Waals surface area (Å²) in [5.74, 6) is 4.91. The van der Waals surface area contributed by atoms with Crippen LogP contribution in [0.25, 0.3) is 0 Å². The fourth-order valence-corrected chi connectivity index (χ4v) is 3.42. The van der Waals surface area contributed by atoms with Crippen LogP contribution in [0.1, 0.15) is 25.7 Å². The smallest absolute Gasteiger partial charge is 0.0352 e. The van der Waals surface area contributed by atoms with E-state index in [-0.39, 0.29) is 0 Å². The predicted octanol–water partition coefficient (Wildman–Crippen LogP) is 2.05. The Kier molecular flexibility index (Phi) is 0.482. The lowest BCUT2D eigenvalue weighted by Gasteiger charge is -2.32. The van der Waals surface area contributed by atoms with Crippen LogP contribution in [-0.4, -0.2) is 0 Å². The first-order chi connectivity index (χ1) is 3.95. The summed E-state index contributed by atoms with van der Waals surface area (Å²) in [7, 11) is 0. The van der Waals surface area contributed by atoms with Crippen LogP contribution in [0.3, 0.4) is 0 Å². The van der Waals surface area contributed by atoms with E-state index in [1.54, 1.807) is 25.7 Å². The molecule has 44 valence electrons. The second-order valence-electron chi connectivity index (χ2n) is 3.90. The molecule has 4 fully saturated rings. The second kappa shape index (κ2) is 0.984. The number of hydrogen-bond donors (Lipinski definition) is 0. The van der Waals surface area contributed by atoms with Crippen molar-refractivity contribution in [1.29, 1.82) is 0 Å². The predicted molar refractivity (Wildman–Crippen MR) is 32.4 cm³/mol. The summed E-state index contributed by atoms with van der Waals surface area (Å²) >= 11 is 0. The molecule has 0 aromatic heterocycles. The van der Waals surface area contributed by atoms with Crippen LogP contribution >= 0.6 is 0 Å². The normalized spacial score (nSPS) is 66.0. The number of rotatable bonds is 0. The molecule has 4 unspecified atom stereocenters. The van der Waals surface area contributed by atoms with Crippen molar-refractivity contribution in [1.82, 2.24) is 0 Å². The molecule has 0 heteroatoms. The highest BCUT2D eigenvalue weighted by molar-refractivity contribution is 5.05. The van der Waals surface area contributed by atoms with Crippen molar-refractivity contribution in [2.24, 2.45) is 23.7 Å². The van der Waals surface area contributed by atoms with Crippen molar-refractivity contribution in [3.05, 3.63) is 0 Å². The Hall–Kier alpha value is 0. The molecule has 4 bridgehead atoms. The van der Waals surface area contributed by atoms with Gasteiger partial charge in [-0.15, -0.1) is 0 Å². The van der Waals surface area contributed by atoms with E-state index < -0.39 is 0 Å². The lowest BCUT2D eigenvalue weighted by Crippen LogP contribution is -2.24. The molecular formula is C8H12. The largest absolute Gasteiger partial charge is 0.0499 e. The summed E-state index contributed by atoms with van der Waals surface area (Å²) < 4.78 is 0. The van der Waals surface area contributed by atoms with Gasteiger partial charge in [0.1, 0.15) is 0 Å². The minimum absolute atomic E-state index is 1.21. The monoisotopic (exact) mass is 108 g/mol. The van der Waals surface area contributed by atoms with Crippen molar-refractivity contribution < 1.29 is 0 Å². The molecule has 4 aliphatic rings. The molecule has 0 saturated heterocycles. The molecule has 0 spiro atoms. The topological polar surface area (TPSA) is 0 Å². The zero-order valence-corrected chi connectivity index (χ0v) is 5.14. The van der Waals surface area contributed by atoms with E-state index in [0.717, 1.165) is 0 Å². The molecule has 4 atom stereocenters. The average Bonchev–Trinajstić information content (AvgIpc) is 2.25. The van der Waals surface area contributed by atoms with E-state index >= 15 is 0 Å². The fourth-order valence-electron chi connectivity index (χ4n) is 3.42. The fraction of sp³-hybridized carbons (Fsp3) is 1.00. The molecule has 8 heavy (non-hydrogen) atoms. The van der Waals surface area contributed by atoms with E-state index in [2.05, 4.69) is 0 Å². The second-order valence-corrected chi connectivity index (χ2v) is 3.90. The van der Waals surface area contributed by atoms with Gasteiger partial charge in [-0.3, -0.25) is 0 Å². The summed E-state index contributed by atoms with van der Waals surface area (Å²) in [6.07, 6.45) is 6.43. The van der Waals surface area contributed by atoms with Gasteiger partial charge >= 0.3 is 0 Å². The van der Waals surface area contributed by atoms with Crippen molar-refractivity contribution >= 4 is 0 Å². The maximum absolute atomic E-state index is 1.62. The molecule has 0 aromatic rings. The first-order valence-electron chi connectivity index (χ1n) is 3.95. The zero-order valence-electron chi connectivity index (χ0n) is 5.14. The van der Waals surface area contributed by atoms with Crippen LogP contribution < -0.4 is 0 Å². The Bertz CT molecular complexity index is 118. The van der Waals surface area contributed by atoms with E-state index in [9.17, 15) is 0 Å². The van der Waals surface area contributed by atoms with Gasteiger partial charge in [0.25, 0.3) is 0 Å². The maximum Gasteiger partial charge on any atom is -0.0352 e. The van der Waals surface area contributed by atoms with E-state index in [0.29, 0.717) is 0 Å². The third-order valence-electron chi connectivity index (χ3n) is 3.81. The first kappa shape index (κ1) is 3.92.